The van der Waals surface area contributed by atoms with E-state index < -0.39 is 4.92 Å². The zero-order chi connectivity index (χ0) is 14.0. The molecule has 1 N–H and O–H groups in total. The van der Waals surface area contributed by atoms with Gasteiger partial charge in [0.1, 0.15) is 5.75 Å². The van der Waals surface area contributed by atoms with Crippen LogP contribution in [0.1, 0.15) is 5.56 Å². The van der Waals surface area contributed by atoms with Crippen LogP contribution in [0, 0.1) is 17.0 Å². The highest BCUT2D eigenvalue weighted by Crippen LogP contribution is 2.36. The largest absolute Gasteiger partial charge is 0.502 e. The van der Waals surface area contributed by atoms with Crippen molar-refractivity contribution >= 4 is 5.69 Å². The van der Waals surface area contributed by atoms with Gasteiger partial charge in [-0.2, -0.15) is 0 Å². The summed E-state index contributed by atoms with van der Waals surface area (Å²) in [5.74, 6) is 0.283. The van der Waals surface area contributed by atoms with Crippen LogP contribution in [0.15, 0.2) is 36.4 Å². The molecule has 0 unspecified atom stereocenters. The number of methoxy groups -OCH3 is 1. The monoisotopic (exact) mass is 259 g/mol. The summed E-state index contributed by atoms with van der Waals surface area (Å²) < 4.78 is 5.25. The highest BCUT2D eigenvalue weighted by molar-refractivity contribution is 5.74. The number of phenols is 1. The molecule has 0 radical (unpaired) electrons. The first kappa shape index (κ1) is 12.9. The fourth-order valence-corrected chi connectivity index (χ4v) is 1.88. The van der Waals surface area contributed by atoms with Crippen LogP contribution in [0.3, 0.4) is 0 Å². The summed E-state index contributed by atoms with van der Waals surface area (Å²) >= 11 is 0. The highest BCUT2D eigenvalue weighted by atomic mass is 16.6. The third-order valence-corrected chi connectivity index (χ3v) is 2.84. The number of nitro benzene ring substituents is 1. The summed E-state index contributed by atoms with van der Waals surface area (Å²) in [7, 11) is 1.54. The minimum absolute atomic E-state index is 0.318. The van der Waals surface area contributed by atoms with Crippen LogP contribution in [0.5, 0.6) is 11.5 Å². The summed E-state index contributed by atoms with van der Waals surface area (Å²) in [4.78, 5) is 10.2. The number of nitrogens with zero attached hydrogens (tertiary/aromatic N) is 1. The van der Waals surface area contributed by atoms with Crippen molar-refractivity contribution in [3.05, 3.63) is 52.1 Å². The molecule has 2 aromatic carbocycles. The normalized spacial score (nSPS) is 10.2. The second-order valence-corrected chi connectivity index (χ2v) is 4.16. The second-order valence-electron chi connectivity index (χ2n) is 4.16. The van der Waals surface area contributed by atoms with Crippen LogP contribution in [0.4, 0.5) is 5.69 Å². The van der Waals surface area contributed by atoms with Gasteiger partial charge in [-0.15, -0.1) is 0 Å². The summed E-state index contributed by atoms with van der Waals surface area (Å²) in [6.07, 6.45) is 0. The molecule has 2 aromatic rings. The van der Waals surface area contributed by atoms with E-state index in [4.69, 9.17) is 4.74 Å². The number of hydrogen-bond donors (Lipinski definition) is 1. The Balaban J connectivity index is 2.62. The van der Waals surface area contributed by atoms with Crippen LogP contribution in [0.2, 0.25) is 0 Å². The number of hydrogen-bond acceptors (Lipinski definition) is 4. The molecule has 0 aromatic heterocycles. The van der Waals surface area contributed by atoms with E-state index in [1.807, 2.05) is 25.1 Å². The van der Waals surface area contributed by atoms with Gasteiger partial charge in [0.05, 0.1) is 12.0 Å². The summed E-state index contributed by atoms with van der Waals surface area (Å²) in [6.45, 7) is 1.93. The highest BCUT2D eigenvalue weighted by Gasteiger charge is 2.16. The molecule has 0 aliphatic rings. The maximum Gasteiger partial charge on any atom is 0.311 e. The molecule has 0 heterocycles. The molecule has 0 saturated heterocycles. The average molecular weight is 259 g/mol. The standard InChI is InChI=1S/C14H13NO4/c1-9-3-6-14(19-2)11(7-9)10-4-5-13(16)12(8-10)15(17)18/h3-8,16H,1-2H3. The van der Waals surface area contributed by atoms with Crippen molar-refractivity contribution in [3.63, 3.8) is 0 Å². The number of rotatable bonds is 3. The lowest BCUT2D eigenvalue weighted by molar-refractivity contribution is -0.385. The SMILES string of the molecule is COc1ccc(C)cc1-c1ccc(O)c([N+](=O)[O-])c1. The Labute approximate surface area is 110 Å². The number of aromatic hydroxyl groups is 1. The summed E-state index contributed by atoms with van der Waals surface area (Å²) in [5.41, 5.74) is 2.09. The quantitative estimate of drug-likeness (QED) is 0.678. The molecular weight excluding hydrogens is 246 g/mol. The number of phenolic OH excluding ortho intramolecular Hbond substituents is 1. The first-order chi connectivity index (χ1) is 9.02. The van der Waals surface area contributed by atoms with E-state index in [9.17, 15) is 15.2 Å². The van der Waals surface area contributed by atoms with Crippen LogP contribution in [-0.4, -0.2) is 17.1 Å². The van der Waals surface area contributed by atoms with Gasteiger partial charge in [-0.3, -0.25) is 10.1 Å². The molecule has 0 saturated carbocycles. The van der Waals surface area contributed by atoms with Crippen molar-refractivity contribution in [2.45, 2.75) is 6.92 Å². The van der Waals surface area contributed by atoms with Crippen molar-refractivity contribution in [2.24, 2.45) is 0 Å². The maximum atomic E-state index is 10.8. The van der Waals surface area contributed by atoms with Gasteiger partial charge in [0.25, 0.3) is 0 Å². The number of nitro groups is 1. The van der Waals surface area contributed by atoms with Gasteiger partial charge < -0.3 is 9.84 Å². The lowest BCUT2D eigenvalue weighted by atomic mass is 10.0. The zero-order valence-corrected chi connectivity index (χ0v) is 10.6. The average Bonchev–Trinajstić information content (AvgIpc) is 2.39. The van der Waals surface area contributed by atoms with E-state index in [1.165, 1.54) is 12.1 Å². The van der Waals surface area contributed by atoms with Gasteiger partial charge in [0, 0.05) is 11.6 Å². The van der Waals surface area contributed by atoms with Crippen LogP contribution >= 0.6 is 0 Å². The van der Waals surface area contributed by atoms with Crippen LogP contribution in [0.25, 0.3) is 11.1 Å². The third-order valence-electron chi connectivity index (χ3n) is 2.84. The predicted octanol–water partition coefficient (Wildman–Crippen LogP) is 3.28. The van der Waals surface area contributed by atoms with E-state index in [1.54, 1.807) is 13.2 Å². The fraction of sp³-hybridized carbons (Fsp3) is 0.143. The van der Waals surface area contributed by atoms with Gasteiger partial charge in [0.15, 0.2) is 5.75 Å². The Morgan fingerprint density at radius 1 is 1.21 bits per heavy atom. The molecule has 2 rings (SSSR count). The number of ether oxygens (including phenoxy) is 1. The zero-order valence-electron chi connectivity index (χ0n) is 10.6. The van der Waals surface area contributed by atoms with Gasteiger partial charge in [-0.05, 0) is 30.7 Å². The molecule has 0 fully saturated rings. The van der Waals surface area contributed by atoms with Crippen LogP contribution < -0.4 is 4.74 Å². The number of benzene rings is 2. The Bertz CT molecular complexity index is 637. The molecule has 0 bridgehead atoms. The lowest BCUT2D eigenvalue weighted by Crippen LogP contribution is -1.92. The molecule has 19 heavy (non-hydrogen) atoms. The van der Waals surface area contributed by atoms with Gasteiger partial charge >= 0.3 is 5.69 Å². The lowest BCUT2D eigenvalue weighted by Gasteiger charge is -2.10. The fourth-order valence-electron chi connectivity index (χ4n) is 1.88. The second kappa shape index (κ2) is 4.97. The van der Waals surface area contributed by atoms with Crippen molar-refractivity contribution in [3.8, 4) is 22.6 Å². The van der Waals surface area contributed by atoms with E-state index in [0.29, 0.717) is 11.3 Å². The molecule has 5 nitrogen and oxygen atoms in total. The molecule has 0 spiro atoms. The maximum absolute atomic E-state index is 10.8. The third kappa shape index (κ3) is 2.49. The molecule has 98 valence electrons. The van der Waals surface area contributed by atoms with E-state index in [0.717, 1.165) is 11.1 Å². The van der Waals surface area contributed by atoms with E-state index >= 15 is 0 Å². The smallest absolute Gasteiger partial charge is 0.311 e. The van der Waals surface area contributed by atoms with Crippen molar-refractivity contribution in [2.75, 3.05) is 7.11 Å². The number of aryl methyl sites for hydroxylation is 1. The Hall–Kier alpha value is -2.56. The predicted molar refractivity (Wildman–Crippen MR) is 71.5 cm³/mol. The van der Waals surface area contributed by atoms with Gasteiger partial charge in [-0.1, -0.05) is 17.7 Å². The minimum atomic E-state index is -0.610. The summed E-state index contributed by atoms with van der Waals surface area (Å²) in [6, 6.07) is 9.87. The molecule has 5 heteroatoms. The Kier molecular flexibility index (Phi) is 3.37. The molecule has 0 amide bonds. The van der Waals surface area contributed by atoms with Gasteiger partial charge in [0.2, 0.25) is 0 Å². The van der Waals surface area contributed by atoms with Crippen molar-refractivity contribution in [1.29, 1.82) is 0 Å². The van der Waals surface area contributed by atoms with Gasteiger partial charge in [-0.25, -0.2) is 0 Å². The first-order valence-electron chi connectivity index (χ1n) is 5.65. The molecule has 0 aliphatic heterocycles. The molecule has 0 aliphatic carbocycles. The first-order valence-corrected chi connectivity index (χ1v) is 5.65. The summed E-state index contributed by atoms with van der Waals surface area (Å²) in [5, 5.41) is 20.3. The van der Waals surface area contributed by atoms with Crippen LogP contribution in [-0.2, 0) is 0 Å². The molecular formula is C14H13NO4. The minimum Gasteiger partial charge on any atom is -0.502 e. The Morgan fingerprint density at radius 2 is 1.95 bits per heavy atom. The van der Waals surface area contributed by atoms with E-state index in [-0.39, 0.29) is 11.4 Å². The molecule has 0 atom stereocenters. The Morgan fingerprint density at radius 3 is 2.58 bits per heavy atom. The topological polar surface area (TPSA) is 72.6 Å². The van der Waals surface area contributed by atoms with E-state index in [2.05, 4.69) is 0 Å². The van der Waals surface area contributed by atoms with Crippen molar-refractivity contribution < 1.29 is 14.8 Å². The van der Waals surface area contributed by atoms with Crippen molar-refractivity contribution in [1.82, 2.24) is 0 Å².